The molecule has 0 unspecified atom stereocenters. The standard InChI is InChI=1S/C15H18BrN3/c1-14(2)11(12(16)15(3,4)19-14)13-17-9-7-5-6-8-10(9)18-13/h5-8,19H,1-4H3,(H,17,18). The molecule has 0 aliphatic carbocycles. The smallest absolute Gasteiger partial charge is 0.137 e. The Morgan fingerprint density at radius 3 is 2.32 bits per heavy atom. The Labute approximate surface area is 121 Å². The van der Waals surface area contributed by atoms with E-state index in [-0.39, 0.29) is 11.1 Å². The molecule has 2 N–H and O–H groups in total. The summed E-state index contributed by atoms with van der Waals surface area (Å²) in [4.78, 5) is 8.15. The Morgan fingerprint density at radius 1 is 1.05 bits per heavy atom. The van der Waals surface area contributed by atoms with Gasteiger partial charge in [0.15, 0.2) is 0 Å². The monoisotopic (exact) mass is 319 g/mol. The molecule has 3 nitrogen and oxygen atoms in total. The van der Waals surface area contributed by atoms with Crippen LogP contribution < -0.4 is 5.32 Å². The number of rotatable bonds is 1. The number of para-hydroxylation sites is 2. The first-order valence-electron chi connectivity index (χ1n) is 6.46. The quantitative estimate of drug-likeness (QED) is 0.838. The summed E-state index contributed by atoms with van der Waals surface area (Å²) in [5.41, 5.74) is 3.10. The summed E-state index contributed by atoms with van der Waals surface area (Å²) in [7, 11) is 0. The molecule has 100 valence electrons. The lowest BCUT2D eigenvalue weighted by molar-refractivity contribution is 0.400. The Hall–Kier alpha value is -1.13. The number of hydrogen-bond donors (Lipinski definition) is 2. The normalized spacial score (nSPS) is 21.3. The number of fused-ring (bicyclic) bond motifs is 1. The molecule has 0 saturated heterocycles. The first kappa shape index (κ1) is 12.9. The molecule has 19 heavy (non-hydrogen) atoms. The van der Waals surface area contributed by atoms with Crippen LogP contribution in [0.1, 0.15) is 33.5 Å². The zero-order valence-electron chi connectivity index (χ0n) is 11.6. The van der Waals surface area contributed by atoms with E-state index in [0.29, 0.717) is 0 Å². The van der Waals surface area contributed by atoms with E-state index in [1.54, 1.807) is 0 Å². The molecule has 1 aliphatic heterocycles. The SMILES string of the molecule is CC1(C)NC(C)(C)C(c2nc3ccccc3[nH]2)=C1Br. The van der Waals surface area contributed by atoms with E-state index >= 15 is 0 Å². The Kier molecular flexibility index (Phi) is 2.67. The zero-order chi connectivity index (χ0) is 13.8. The summed E-state index contributed by atoms with van der Waals surface area (Å²) in [6.07, 6.45) is 0. The van der Waals surface area contributed by atoms with Crippen molar-refractivity contribution in [1.29, 1.82) is 0 Å². The molecule has 0 spiro atoms. The third-order valence-electron chi connectivity index (χ3n) is 3.64. The van der Waals surface area contributed by atoms with Crippen molar-refractivity contribution in [2.75, 3.05) is 0 Å². The molecule has 4 heteroatoms. The van der Waals surface area contributed by atoms with Crippen LogP contribution in [0, 0.1) is 0 Å². The fraction of sp³-hybridized carbons (Fsp3) is 0.400. The molecule has 0 saturated carbocycles. The van der Waals surface area contributed by atoms with E-state index in [9.17, 15) is 0 Å². The maximum absolute atomic E-state index is 4.72. The van der Waals surface area contributed by atoms with Crippen LogP contribution in [-0.4, -0.2) is 21.0 Å². The minimum absolute atomic E-state index is 0.0716. The van der Waals surface area contributed by atoms with E-state index in [0.717, 1.165) is 16.9 Å². The minimum Gasteiger partial charge on any atom is -0.338 e. The highest BCUT2D eigenvalue weighted by atomic mass is 79.9. The summed E-state index contributed by atoms with van der Waals surface area (Å²) >= 11 is 3.75. The van der Waals surface area contributed by atoms with E-state index in [2.05, 4.69) is 60.0 Å². The second-order valence-corrected chi connectivity index (χ2v) is 6.96. The van der Waals surface area contributed by atoms with Gasteiger partial charge in [-0.05, 0) is 39.8 Å². The number of benzene rings is 1. The summed E-state index contributed by atoms with van der Waals surface area (Å²) < 4.78 is 1.17. The summed E-state index contributed by atoms with van der Waals surface area (Å²) in [6.45, 7) is 8.72. The number of aromatic amines is 1. The molecule has 0 amide bonds. The number of H-pyrrole nitrogens is 1. The van der Waals surface area contributed by atoms with Gasteiger partial charge in [-0.25, -0.2) is 4.98 Å². The average molecular weight is 320 g/mol. The van der Waals surface area contributed by atoms with Gasteiger partial charge >= 0.3 is 0 Å². The van der Waals surface area contributed by atoms with E-state index < -0.39 is 0 Å². The predicted octanol–water partition coefficient (Wildman–Crippen LogP) is 3.83. The Bertz CT molecular complexity index is 647. The van der Waals surface area contributed by atoms with E-state index in [1.165, 1.54) is 10.1 Å². The molecular formula is C15H18BrN3. The zero-order valence-corrected chi connectivity index (χ0v) is 13.2. The molecule has 1 aliphatic rings. The van der Waals surface area contributed by atoms with Gasteiger partial charge < -0.3 is 4.98 Å². The maximum atomic E-state index is 4.72. The van der Waals surface area contributed by atoms with Crippen molar-refractivity contribution in [3.05, 3.63) is 34.6 Å². The van der Waals surface area contributed by atoms with Gasteiger partial charge in [-0.2, -0.15) is 0 Å². The maximum Gasteiger partial charge on any atom is 0.137 e. The van der Waals surface area contributed by atoms with Gasteiger partial charge in [0.25, 0.3) is 0 Å². The van der Waals surface area contributed by atoms with Crippen molar-refractivity contribution in [3.8, 4) is 0 Å². The fourth-order valence-corrected chi connectivity index (χ4v) is 3.74. The molecule has 3 rings (SSSR count). The third-order valence-corrected chi connectivity index (χ3v) is 5.03. The van der Waals surface area contributed by atoms with Crippen molar-refractivity contribution < 1.29 is 0 Å². The summed E-state index contributed by atoms with van der Waals surface area (Å²) in [6, 6.07) is 8.12. The first-order chi connectivity index (χ1) is 8.81. The lowest BCUT2D eigenvalue weighted by Crippen LogP contribution is -2.46. The van der Waals surface area contributed by atoms with Crippen LogP contribution in [0.15, 0.2) is 28.7 Å². The predicted molar refractivity (Wildman–Crippen MR) is 83.2 cm³/mol. The van der Waals surface area contributed by atoms with Gasteiger partial charge in [-0.3, -0.25) is 5.32 Å². The van der Waals surface area contributed by atoms with Crippen LogP contribution >= 0.6 is 15.9 Å². The van der Waals surface area contributed by atoms with Crippen molar-refractivity contribution in [2.45, 2.75) is 38.8 Å². The van der Waals surface area contributed by atoms with Crippen molar-refractivity contribution in [1.82, 2.24) is 15.3 Å². The second-order valence-electron chi connectivity index (χ2n) is 6.17. The van der Waals surface area contributed by atoms with Gasteiger partial charge in [0.05, 0.1) is 11.0 Å². The highest BCUT2D eigenvalue weighted by molar-refractivity contribution is 9.12. The van der Waals surface area contributed by atoms with Gasteiger partial charge in [-0.15, -0.1) is 0 Å². The number of hydrogen-bond acceptors (Lipinski definition) is 2. The van der Waals surface area contributed by atoms with Gasteiger partial charge in [0.1, 0.15) is 5.82 Å². The molecule has 2 aromatic rings. The van der Waals surface area contributed by atoms with Crippen molar-refractivity contribution >= 4 is 32.5 Å². The Morgan fingerprint density at radius 2 is 1.74 bits per heavy atom. The molecular weight excluding hydrogens is 302 g/mol. The highest BCUT2D eigenvalue weighted by Gasteiger charge is 2.44. The lowest BCUT2D eigenvalue weighted by Gasteiger charge is -2.27. The van der Waals surface area contributed by atoms with Crippen LogP contribution in [0.3, 0.4) is 0 Å². The van der Waals surface area contributed by atoms with Crippen LogP contribution in [0.5, 0.6) is 0 Å². The first-order valence-corrected chi connectivity index (χ1v) is 7.26. The van der Waals surface area contributed by atoms with Crippen LogP contribution in [0.4, 0.5) is 0 Å². The fourth-order valence-electron chi connectivity index (χ4n) is 2.96. The molecule has 1 aromatic heterocycles. The van der Waals surface area contributed by atoms with Crippen LogP contribution in [0.2, 0.25) is 0 Å². The second kappa shape index (κ2) is 3.93. The number of imidazole rings is 1. The largest absolute Gasteiger partial charge is 0.338 e. The van der Waals surface area contributed by atoms with Crippen LogP contribution in [-0.2, 0) is 0 Å². The van der Waals surface area contributed by atoms with Gasteiger partial charge in [0, 0.05) is 21.1 Å². The molecule has 0 bridgehead atoms. The van der Waals surface area contributed by atoms with Crippen molar-refractivity contribution in [3.63, 3.8) is 0 Å². The van der Waals surface area contributed by atoms with Gasteiger partial charge in [0.2, 0.25) is 0 Å². The third kappa shape index (κ3) is 1.94. The lowest BCUT2D eigenvalue weighted by atomic mass is 9.96. The van der Waals surface area contributed by atoms with Crippen molar-refractivity contribution in [2.24, 2.45) is 0 Å². The van der Waals surface area contributed by atoms with Crippen LogP contribution in [0.25, 0.3) is 16.6 Å². The number of nitrogens with zero attached hydrogens (tertiary/aromatic N) is 1. The molecule has 0 atom stereocenters. The average Bonchev–Trinajstić information content (AvgIpc) is 2.75. The Balaban J connectivity index is 2.22. The van der Waals surface area contributed by atoms with E-state index in [4.69, 9.17) is 4.98 Å². The summed E-state index contributed by atoms with van der Waals surface area (Å²) in [5, 5.41) is 3.63. The number of aromatic nitrogens is 2. The molecule has 0 fully saturated rings. The minimum atomic E-state index is -0.115. The molecule has 1 aromatic carbocycles. The number of halogens is 1. The molecule has 0 radical (unpaired) electrons. The number of nitrogens with one attached hydrogen (secondary N) is 2. The summed E-state index contributed by atoms with van der Waals surface area (Å²) in [5.74, 6) is 0.941. The highest BCUT2D eigenvalue weighted by Crippen LogP contribution is 2.44. The van der Waals surface area contributed by atoms with Gasteiger partial charge in [-0.1, -0.05) is 28.1 Å². The van der Waals surface area contributed by atoms with E-state index in [1.807, 2.05) is 18.2 Å². The molecule has 2 heterocycles. The topological polar surface area (TPSA) is 40.7 Å².